The summed E-state index contributed by atoms with van der Waals surface area (Å²) in [6, 6.07) is 10.8. The van der Waals surface area contributed by atoms with Gasteiger partial charge in [-0.2, -0.15) is 13.1 Å². The Morgan fingerprint density at radius 2 is 1.79 bits per heavy atom. The zero-order valence-corrected chi connectivity index (χ0v) is 16.9. The van der Waals surface area contributed by atoms with Gasteiger partial charge >= 0.3 is 6.61 Å². The lowest BCUT2D eigenvalue weighted by molar-refractivity contribution is -0.119. The van der Waals surface area contributed by atoms with Crippen molar-refractivity contribution in [3.05, 3.63) is 53.0 Å². The summed E-state index contributed by atoms with van der Waals surface area (Å²) in [5.41, 5.74) is 0.361. The van der Waals surface area contributed by atoms with Gasteiger partial charge in [0.05, 0.1) is 4.90 Å². The molecule has 0 aromatic heterocycles. The first-order valence-electron chi connectivity index (χ1n) is 8.40. The van der Waals surface area contributed by atoms with Crippen molar-refractivity contribution in [2.24, 2.45) is 0 Å². The number of rotatable bonds is 6. The number of benzene rings is 2. The van der Waals surface area contributed by atoms with E-state index in [1.165, 1.54) is 40.7 Å². The van der Waals surface area contributed by atoms with Gasteiger partial charge in [-0.1, -0.05) is 15.9 Å². The summed E-state index contributed by atoms with van der Waals surface area (Å²) in [5, 5.41) is 2.63. The minimum absolute atomic E-state index is 0.0340. The van der Waals surface area contributed by atoms with Crippen molar-refractivity contribution in [3.63, 3.8) is 0 Å². The molecule has 1 fully saturated rings. The SMILES string of the molecule is O=C(Nc1ccc(OC(F)F)cc1)C1CCCN1S(=O)(=O)c1ccc(Br)cc1. The average Bonchev–Trinajstić information content (AvgIpc) is 3.14. The molecule has 1 unspecified atom stereocenters. The standard InChI is InChI=1S/C18H17BrF2N2O4S/c19-12-3-9-15(10-4-12)28(25,26)23-11-1-2-16(23)17(24)22-13-5-7-14(8-6-13)27-18(20)21/h3-10,16,18H,1-2,11H2,(H,22,24). The van der Waals surface area contributed by atoms with E-state index >= 15 is 0 Å². The van der Waals surface area contributed by atoms with Crippen molar-refractivity contribution in [3.8, 4) is 5.75 Å². The predicted molar refractivity (Wildman–Crippen MR) is 103 cm³/mol. The molecular formula is C18H17BrF2N2O4S. The van der Waals surface area contributed by atoms with Gasteiger partial charge in [-0.3, -0.25) is 4.79 Å². The van der Waals surface area contributed by atoms with Crippen LogP contribution in [0.1, 0.15) is 12.8 Å². The van der Waals surface area contributed by atoms with Crippen LogP contribution in [0.5, 0.6) is 5.75 Å². The Morgan fingerprint density at radius 3 is 2.39 bits per heavy atom. The Hall–Kier alpha value is -2.04. The molecule has 0 bridgehead atoms. The van der Waals surface area contributed by atoms with Crippen LogP contribution < -0.4 is 10.1 Å². The quantitative estimate of drug-likeness (QED) is 0.689. The molecule has 1 saturated heterocycles. The van der Waals surface area contributed by atoms with E-state index in [0.29, 0.717) is 18.5 Å². The van der Waals surface area contributed by atoms with Crippen LogP contribution in [0, 0.1) is 0 Å². The fourth-order valence-electron chi connectivity index (χ4n) is 2.98. The van der Waals surface area contributed by atoms with Crippen molar-refractivity contribution in [1.82, 2.24) is 4.31 Å². The fraction of sp³-hybridized carbons (Fsp3) is 0.278. The predicted octanol–water partition coefficient (Wildman–Crippen LogP) is 3.84. The lowest BCUT2D eigenvalue weighted by atomic mass is 10.2. The van der Waals surface area contributed by atoms with E-state index in [-0.39, 0.29) is 17.2 Å². The van der Waals surface area contributed by atoms with Crippen LogP contribution in [-0.4, -0.2) is 37.8 Å². The number of amides is 1. The molecular weight excluding hydrogens is 458 g/mol. The first-order valence-corrected chi connectivity index (χ1v) is 10.6. The summed E-state index contributed by atoms with van der Waals surface area (Å²) in [6.45, 7) is -2.69. The van der Waals surface area contributed by atoms with E-state index in [9.17, 15) is 22.0 Å². The maximum absolute atomic E-state index is 12.9. The van der Waals surface area contributed by atoms with E-state index in [4.69, 9.17) is 0 Å². The van der Waals surface area contributed by atoms with Gasteiger partial charge in [0.2, 0.25) is 15.9 Å². The number of anilines is 1. The van der Waals surface area contributed by atoms with Crippen molar-refractivity contribution >= 4 is 37.5 Å². The smallest absolute Gasteiger partial charge is 0.387 e. The second kappa shape index (κ2) is 8.54. The summed E-state index contributed by atoms with van der Waals surface area (Å²) >= 11 is 3.26. The average molecular weight is 475 g/mol. The number of alkyl halides is 2. The normalized spacial score (nSPS) is 17.6. The Balaban J connectivity index is 1.73. The van der Waals surface area contributed by atoms with Gasteiger partial charge in [0, 0.05) is 16.7 Å². The Kier molecular flexibility index (Phi) is 6.31. The van der Waals surface area contributed by atoms with E-state index in [1.54, 1.807) is 12.1 Å². The Bertz CT molecular complexity index is 937. The topological polar surface area (TPSA) is 75.7 Å². The molecule has 150 valence electrons. The number of nitrogens with one attached hydrogen (secondary N) is 1. The highest BCUT2D eigenvalue weighted by atomic mass is 79.9. The van der Waals surface area contributed by atoms with Crippen molar-refractivity contribution < 1.29 is 26.7 Å². The zero-order chi connectivity index (χ0) is 20.3. The summed E-state index contributed by atoms with van der Waals surface area (Å²) in [6.07, 6.45) is 0.961. The number of ether oxygens (including phenoxy) is 1. The molecule has 2 aromatic carbocycles. The summed E-state index contributed by atoms with van der Waals surface area (Å²) < 4.78 is 56.4. The Morgan fingerprint density at radius 1 is 1.14 bits per heavy atom. The summed E-state index contributed by atoms with van der Waals surface area (Å²) in [7, 11) is -3.81. The van der Waals surface area contributed by atoms with Gasteiger partial charge < -0.3 is 10.1 Å². The molecule has 2 aromatic rings. The molecule has 28 heavy (non-hydrogen) atoms. The highest BCUT2D eigenvalue weighted by Crippen LogP contribution is 2.28. The van der Waals surface area contributed by atoms with Crippen molar-refractivity contribution in [1.29, 1.82) is 0 Å². The van der Waals surface area contributed by atoms with Gasteiger partial charge in [0.1, 0.15) is 11.8 Å². The molecule has 0 saturated carbocycles. The first-order chi connectivity index (χ1) is 13.3. The maximum Gasteiger partial charge on any atom is 0.387 e. The van der Waals surface area contributed by atoms with Crippen LogP contribution >= 0.6 is 15.9 Å². The monoisotopic (exact) mass is 474 g/mol. The van der Waals surface area contributed by atoms with Crippen LogP contribution in [-0.2, 0) is 14.8 Å². The number of halogens is 3. The van der Waals surface area contributed by atoms with E-state index in [2.05, 4.69) is 26.0 Å². The van der Waals surface area contributed by atoms with Gasteiger partial charge in [0.15, 0.2) is 0 Å². The Labute approximate surface area is 169 Å². The van der Waals surface area contributed by atoms with Crippen LogP contribution in [0.2, 0.25) is 0 Å². The lowest BCUT2D eigenvalue weighted by Gasteiger charge is -2.23. The third-order valence-electron chi connectivity index (χ3n) is 4.27. The van der Waals surface area contributed by atoms with E-state index in [0.717, 1.165) is 4.47 Å². The first kappa shape index (κ1) is 20.7. The molecule has 1 N–H and O–H groups in total. The largest absolute Gasteiger partial charge is 0.435 e. The third-order valence-corrected chi connectivity index (χ3v) is 6.72. The molecule has 1 aliphatic heterocycles. The summed E-state index contributed by atoms with van der Waals surface area (Å²) in [4.78, 5) is 12.8. The maximum atomic E-state index is 12.9. The van der Waals surface area contributed by atoms with Crippen molar-refractivity contribution in [2.75, 3.05) is 11.9 Å². The number of hydrogen-bond donors (Lipinski definition) is 1. The van der Waals surface area contributed by atoms with Gasteiger partial charge in [0.25, 0.3) is 0 Å². The van der Waals surface area contributed by atoms with Gasteiger partial charge in [-0.05, 0) is 61.4 Å². The minimum atomic E-state index is -3.81. The number of sulfonamides is 1. The van der Waals surface area contributed by atoms with Crippen LogP contribution in [0.3, 0.4) is 0 Å². The van der Waals surface area contributed by atoms with Crippen LogP contribution in [0.4, 0.5) is 14.5 Å². The fourth-order valence-corrected chi connectivity index (χ4v) is 4.90. The molecule has 10 heteroatoms. The summed E-state index contributed by atoms with van der Waals surface area (Å²) in [5.74, 6) is -0.506. The molecule has 0 radical (unpaired) electrons. The number of nitrogens with zero attached hydrogens (tertiary/aromatic N) is 1. The lowest BCUT2D eigenvalue weighted by Crippen LogP contribution is -2.43. The van der Waals surface area contributed by atoms with Crippen LogP contribution in [0.25, 0.3) is 0 Å². The molecule has 1 aliphatic rings. The second-order valence-electron chi connectivity index (χ2n) is 6.12. The molecule has 1 heterocycles. The van der Waals surface area contributed by atoms with E-state index < -0.39 is 28.6 Å². The number of carbonyl (C=O) groups is 1. The van der Waals surface area contributed by atoms with E-state index in [1.807, 2.05) is 0 Å². The van der Waals surface area contributed by atoms with Gasteiger partial charge in [-0.25, -0.2) is 8.42 Å². The molecule has 1 amide bonds. The van der Waals surface area contributed by atoms with Crippen molar-refractivity contribution in [2.45, 2.75) is 30.4 Å². The highest BCUT2D eigenvalue weighted by molar-refractivity contribution is 9.10. The zero-order valence-electron chi connectivity index (χ0n) is 14.5. The molecule has 3 rings (SSSR count). The molecule has 6 nitrogen and oxygen atoms in total. The highest BCUT2D eigenvalue weighted by Gasteiger charge is 2.39. The molecule has 0 aliphatic carbocycles. The number of carbonyl (C=O) groups excluding carboxylic acids is 1. The van der Waals surface area contributed by atoms with Gasteiger partial charge in [-0.15, -0.1) is 0 Å². The number of hydrogen-bond acceptors (Lipinski definition) is 4. The second-order valence-corrected chi connectivity index (χ2v) is 8.93. The molecule has 0 spiro atoms. The minimum Gasteiger partial charge on any atom is -0.435 e. The third kappa shape index (κ3) is 4.68. The molecule has 1 atom stereocenters. The van der Waals surface area contributed by atoms with Crippen LogP contribution in [0.15, 0.2) is 57.9 Å².